The number of benzene rings is 1. The van der Waals surface area contributed by atoms with Gasteiger partial charge >= 0.3 is 0 Å². The van der Waals surface area contributed by atoms with Gasteiger partial charge in [0.15, 0.2) is 6.61 Å². The number of nitrogens with one attached hydrogen (secondary N) is 1. The van der Waals surface area contributed by atoms with Crippen LogP contribution in [0.1, 0.15) is 18.4 Å². The molecule has 2 rings (SSSR count). The van der Waals surface area contributed by atoms with Gasteiger partial charge in [0.2, 0.25) is 0 Å². The fourth-order valence-electron chi connectivity index (χ4n) is 1.56. The Morgan fingerprint density at radius 2 is 2.11 bits per heavy atom. The highest BCUT2D eigenvalue weighted by atomic mass is 32.1. The Morgan fingerprint density at radius 3 is 2.68 bits per heavy atom. The molecule has 1 aromatic rings. The highest BCUT2D eigenvalue weighted by molar-refractivity contribution is 7.80. The Morgan fingerprint density at radius 1 is 1.42 bits per heavy atom. The van der Waals surface area contributed by atoms with Gasteiger partial charge in [-0.05, 0) is 25.0 Å². The Balaban J connectivity index is 1.99. The highest BCUT2D eigenvalue weighted by Crippen LogP contribution is 2.23. The van der Waals surface area contributed by atoms with E-state index in [1.54, 1.807) is 25.3 Å². The van der Waals surface area contributed by atoms with Crippen molar-refractivity contribution in [3.8, 4) is 11.5 Å². The number of amides is 1. The molecule has 1 aliphatic carbocycles. The van der Waals surface area contributed by atoms with Crippen molar-refractivity contribution < 1.29 is 14.3 Å². The summed E-state index contributed by atoms with van der Waals surface area (Å²) in [7, 11) is 1.54. The van der Waals surface area contributed by atoms with Crippen LogP contribution in [-0.4, -0.2) is 30.7 Å². The zero-order valence-electron chi connectivity index (χ0n) is 10.6. The molecule has 0 unspecified atom stereocenters. The normalized spacial score (nSPS) is 13.7. The van der Waals surface area contributed by atoms with Crippen molar-refractivity contribution in [1.82, 2.24) is 5.32 Å². The van der Waals surface area contributed by atoms with Gasteiger partial charge in [0.1, 0.15) is 16.5 Å². The molecule has 1 amide bonds. The van der Waals surface area contributed by atoms with E-state index in [4.69, 9.17) is 27.4 Å². The second kappa shape index (κ2) is 5.88. The number of rotatable bonds is 6. The summed E-state index contributed by atoms with van der Waals surface area (Å²) in [4.78, 5) is 11.8. The quantitative estimate of drug-likeness (QED) is 0.760. The summed E-state index contributed by atoms with van der Waals surface area (Å²) in [5.74, 6) is 0.971. The van der Waals surface area contributed by atoms with E-state index >= 15 is 0 Å². The van der Waals surface area contributed by atoms with Crippen molar-refractivity contribution in [3.63, 3.8) is 0 Å². The first-order valence-corrected chi connectivity index (χ1v) is 6.40. The summed E-state index contributed by atoms with van der Waals surface area (Å²) in [6.45, 7) is -0.0273. The minimum atomic E-state index is -0.123. The Bertz CT molecular complexity index is 501. The first kappa shape index (κ1) is 13.6. The molecule has 3 N–H and O–H groups in total. The van der Waals surface area contributed by atoms with Gasteiger partial charge in [-0.2, -0.15) is 0 Å². The van der Waals surface area contributed by atoms with E-state index in [2.05, 4.69) is 5.32 Å². The van der Waals surface area contributed by atoms with Crippen LogP contribution in [0.5, 0.6) is 11.5 Å². The lowest BCUT2D eigenvalue weighted by atomic mass is 10.2. The number of carbonyl (C=O) groups is 1. The monoisotopic (exact) mass is 280 g/mol. The Labute approximate surface area is 117 Å². The fraction of sp³-hybridized carbons (Fsp3) is 0.385. The highest BCUT2D eigenvalue weighted by Gasteiger charge is 2.23. The van der Waals surface area contributed by atoms with Gasteiger partial charge in [0, 0.05) is 17.7 Å². The van der Waals surface area contributed by atoms with Crippen molar-refractivity contribution in [3.05, 3.63) is 23.8 Å². The molecule has 102 valence electrons. The molecule has 0 radical (unpaired) electrons. The molecule has 0 aromatic heterocycles. The van der Waals surface area contributed by atoms with E-state index in [1.807, 2.05) is 0 Å². The fourth-order valence-corrected chi connectivity index (χ4v) is 1.68. The molecule has 0 spiro atoms. The maximum absolute atomic E-state index is 11.5. The molecule has 0 bridgehead atoms. The molecule has 1 aliphatic rings. The van der Waals surface area contributed by atoms with Gasteiger partial charge in [-0.25, -0.2) is 0 Å². The second-order valence-electron chi connectivity index (χ2n) is 4.39. The summed E-state index contributed by atoms with van der Waals surface area (Å²) >= 11 is 4.92. The maximum atomic E-state index is 11.5. The third kappa shape index (κ3) is 4.10. The lowest BCUT2D eigenvalue weighted by Crippen LogP contribution is -2.30. The molecule has 19 heavy (non-hydrogen) atoms. The van der Waals surface area contributed by atoms with Gasteiger partial charge in [-0.15, -0.1) is 0 Å². The molecule has 1 fully saturated rings. The Hall–Kier alpha value is -1.82. The predicted octanol–water partition coefficient (Wildman–Crippen LogP) is 0.987. The molecule has 6 heteroatoms. The van der Waals surface area contributed by atoms with Crippen molar-refractivity contribution >= 4 is 23.1 Å². The van der Waals surface area contributed by atoms with Crippen LogP contribution in [0, 0.1) is 0 Å². The molecule has 0 heterocycles. The van der Waals surface area contributed by atoms with Gasteiger partial charge in [-0.1, -0.05) is 12.2 Å². The lowest BCUT2D eigenvalue weighted by molar-refractivity contribution is -0.123. The van der Waals surface area contributed by atoms with Crippen molar-refractivity contribution in [2.45, 2.75) is 18.9 Å². The van der Waals surface area contributed by atoms with Gasteiger partial charge in [-0.3, -0.25) is 4.79 Å². The van der Waals surface area contributed by atoms with E-state index in [0.29, 0.717) is 23.1 Å². The standard InChI is InChI=1S/C13H16N2O3S/c1-17-10-4-8(13(14)19)5-11(6-10)18-7-12(16)15-9-2-3-9/h4-6,9H,2-3,7H2,1H3,(H2,14,19)(H,15,16). The summed E-state index contributed by atoms with van der Waals surface area (Å²) < 4.78 is 10.6. The second-order valence-corrected chi connectivity index (χ2v) is 4.83. The van der Waals surface area contributed by atoms with Crippen LogP contribution >= 0.6 is 12.2 Å². The van der Waals surface area contributed by atoms with Crippen LogP contribution in [0.3, 0.4) is 0 Å². The zero-order chi connectivity index (χ0) is 13.8. The number of carbonyl (C=O) groups excluding carboxylic acids is 1. The van der Waals surface area contributed by atoms with E-state index in [-0.39, 0.29) is 17.5 Å². The maximum Gasteiger partial charge on any atom is 0.258 e. The minimum absolute atomic E-state index is 0.0273. The van der Waals surface area contributed by atoms with Crippen molar-refractivity contribution in [1.29, 1.82) is 0 Å². The summed E-state index contributed by atoms with van der Waals surface area (Å²) in [6, 6.07) is 5.43. The lowest BCUT2D eigenvalue weighted by Gasteiger charge is -2.10. The third-order valence-corrected chi connectivity index (χ3v) is 2.95. The van der Waals surface area contributed by atoms with Crippen LogP contribution in [-0.2, 0) is 4.79 Å². The minimum Gasteiger partial charge on any atom is -0.497 e. The SMILES string of the molecule is COc1cc(OCC(=O)NC2CC2)cc(C(N)=S)c1. The molecule has 0 aliphatic heterocycles. The van der Waals surface area contributed by atoms with Crippen LogP contribution in [0.4, 0.5) is 0 Å². The van der Waals surface area contributed by atoms with Crippen LogP contribution < -0.4 is 20.5 Å². The van der Waals surface area contributed by atoms with Crippen molar-refractivity contribution in [2.75, 3.05) is 13.7 Å². The van der Waals surface area contributed by atoms with Crippen LogP contribution in [0.25, 0.3) is 0 Å². The predicted molar refractivity (Wildman–Crippen MR) is 75.5 cm³/mol. The van der Waals surface area contributed by atoms with Crippen LogP contribution in [0.2, 0.25) is 0 Å². The number of nitrogens with two attached hydrogens (primary N) is 1. The summed E-state index contributed by atoms with van der Waals surface area (Å²) in [5, 5.41) is 2.84. The average Bonchev–Trinajstić information content (AvgIpc) is 3.19. The molecule has 0 atom stereocenters. The zero-order valence-corrected chi connectivity index (χ0v) is 11.5. The van der Waals surface area contributed by atoms with Gasteiger partial charge in [0.25, 0.3) is 5.91 Å². The molecular weight excluding hydrogens is 264 g/mol. The number of thiocarbonyl (C=S) groups is 1. The number of hydrogen-bond acceptors (Lipinski definition) is 4. The van der Waals surface area contributed by atoms with E-state index in [1.165, 1.54) is 0 Å². The molecule has 5 nitrogen and oxygen atoms in total. The third-order valence-electron chi connectivity index (χ3n) is 2.71. The first-order valence-electron chi connectivity index (χ1n) is 5.99. The molecule has 1 saturated carbocycles. The molecule has 1 aromatic carbocycles. The van der Waals surface area contributed by atoms with Crippen LogP contribution in [0.15, 0.2) is 18.2 Å². The smallest absolute Gasteiger partial charge is 0.258 e. The molecular formula is C13H16N2O3S. The van der Waals surface area contributed by atoms with Crippen molar-refractivity contribution in [2.24, 2.45) is 5.73 Å². The molecule has 0 saturated heterocycles. The summed E-state index contributed by atoms with van der Waals surface area (Å²) in [6.07, 6.45) is 2.10. The van der Waals surface area contributed by atoms with E-state index in [0.717, 1.165) is 12.8 Å². The first-order chi connectivity index (χ1) is 9.08. The average molecular weight is 280 g/mol. The van der Waals surface area contributed by atoms with E-state index in [9.17, 15) is 4.79 Å². The van der Waals surface area contributed by atoms with Gasteiger partial charge in [0.05, 0.1) is 7.11 Å². The number of ether oxygens (including phenoxy) is 2. The van der Waals surface area contributed by atoms with E-state index < -0.39 is 0 Å². The summed E-state index contributed by atoms with van der Waals surface area (Å²) in [5.41, 5.74) is 6.22. The van der Waals surface area contributed by atoms with Gasteiger partial charge < -0.3 is 20.5 Å². The Kier molecular flexibility index (Phi) is 4.21. The topological polar surface area (TPSA) is 73.6 Å². The number of hydrogen-bond donors (Lipinski definition) is 2. The number of methoxy groups -OCH3 is 1. The largest absolute Gasteiger partial charge is 0.497 e.